The van der Waals surface area contributed by atoms with Gasteiger partial charge in [0.05, 0.1) is 10.7 Å². The van der Waals surface area contributed by atoms with Crippen LogP contribution in [0.25, 0.3) is 0 Å². The van der Waals surface area contributed by atoms with Gasteiger partial charge in [0.2, 0.25) is 12.7 Å². The van der Waals surface area contributed by atoms with Crippen LogP contribution in [-0.2, 0) is 14.8 Å². The van der Waals surface area contributed by atoms with Crippen LogP contribution in [0.4, 0.5) is 5.69 Å². The Hall–Kier alpha value is -1.81. The summed E-state index contributed by atoms with van der Waals surface area (Å²) >= 11 is 7.39. The van der Waals surface area contributed by atoms with Gasteiger partial charge in [-0.1, -0.05) is 17.7 Å². The summed E-state index contributed by atoms with van der Waals surface area (Å²) in [4.78, 5) is 12.6. The van der Waals surface area contributed by atoms with Crippen LogP contribution >= 0.6 is 22.9 Å². The number of sulfonamides is 1. The van der Waals surface area contributed by atoms with E-state index in [-0.39, 0.29) is 18.6 Å². The first-order valence-electron chi connectivity index (χ1n) is 8.39. The molecule has 2 aliphatic heterocycles. The van der Waals surface area contributed by atoms with Crippen LogP contribution in [0.1, 0.15) is 12.8 Å². The van der Waals surface area contributed by atoms with Crippen molar-refractivity contribution in [3.63, 3.8) is 0 Å². The molecule has 0 spiro atoms. The Morgan fingerprint density at radius 2 is 1.93 bits per heavy atom. The van der Waals surface area contributed by atoms with Gasteiger partial charge in [0, 0.05) is 31.1 Å². The lowest BCUT2D eigenvalue weighted by Crippen LogP contribution is -2.41. The second-order valence-corrected chi connectivity index (χ2v) is 9.80. The number of carbonyl (C=O) groups excluding carboxylic acids is 1. The number of amides is 1. The summed E-state index contributed by atoms with van der Waals surface area (Å²) in [6.07, 6.45) is 0.914. The lowest BCUT2D eigenvalue weighted by molar-refractivity contribution is -0.120. The lowest BCUT2D eigenvalue weighted by atomic mass is 9.97. The summed E-state index contributed by atoms with van der Waals surface area (Å²) in [6, 6.07) is 6.56. The van der Waals surface area contributed by atoms with Gasteiger partial charge < -0.3 is 14.8 Å². The molecule has 0 unspecified atom stereocenters. The van der Waals surface area contributed by atoms with E-state index >= 15 is 0 Å². The first-order valence-corrected chi connectivity index (χ1v) is 11.1. The van der Waals surface area contributed by atoms with Gasteiger partial charge in [-0.25, -0.2) is 8.42 Å². The van der Waals surface area contributed by atoms with Gasteiger partial charge in [0.25, 0.3) is 10.0 Å². The van der Waals surface area contributed by atoms with Gasteiger partial charge in [-0.3, -0.25) is 4.79 Å². The molecule has 10 heteroatoms. The standard InChI is InChI=1S/C17H17ClN2O5S2/c18-12-8-14-15(25-10-24-14)9-13(12)19-17(21)11-3-5-20(6-4-11)27(22,23)16-2-1-7-26-16/h1-2,7-9,11H,3-6,10H2,(H,19,21). The van der Waals surface area contributed by atoms with Gasteiger partial charge >= 0.3 is 0 Å². The Morgan fingerprint density at radius 1 is 1.22 bits per heavy atom. The number of ether oxygens (including phenoxy) is 2. The monoisotopic (exact) mass is 428 g/mol. The van der Waals surface area contributed by atoms with Crippen molar-refractivity contribution in [2.75, 3.05) is 25.2 Å². The SMILES string of the molecule is O=C(Nc1cc2c(cc1Cl)OCO2)C1CCN(S(=O)(=O)c2cccs2)CC1. The molecule has 0 bridgehead atoms. The normalized spacial score (nSPS) is 17.8. The highest BCUT2D eigenvalue weighted by molar-refractivity contribution is 7.91. The average Bonchev–Trinajstić information content (AvgIpc) is 3.34. The minimum Gasteiger partial charge on any atom is -0.454 e. The van der Waals surface area contributed by atoms with Gasteiger partial charge in [0.15, 0.2) is 11.5 Å². The molecule has 4 rings (SSSR count). The number of halogens is 1. The Morgan fingerprint density at radius 3 is 2.59 bits per heavy atom. The molecular weight excluding hydrogens is 412 g/mol. The summed E-state index contributed by atoms with van der Waals surface area (Å²) in [6.45, 7) is 0.751. The predicted octanol–water partition coefficient (Wildman–Crippen LogP) is 3.17. The molecule has 1 aromatic heterocycles. The fraction of sp³-hybridized carbons (Fsp3) is 0.353. The summed E-state index contributed by atoms with van der Waals surface area (Å²) in [7, 11) is -3.47. The van der Waals surface area contributed by atoms with Gasteiger partial charge in [-0.2, -0.15) is 4.31 Å². The highest BCUT2D eigenvalue weighted by atomic mass is 35.5. The molecule has 0 radical (unpaired) electrons. The molecule has 2 aliphatic rings. The van der Waals surface area contributed by atoms with Crippen LogP contribution in [0.5, 0.6) is 11.5 Å². The van der Waals surface area contributed by atoms with E-state index in [1.54, 1.807) is 29.6 Å². The Kier molecular flexibility index (Phi) is 5.02. The van der Waals surface area contributed by atoms with E-state index in [1.165, 1.54) is 15.6 Å². The number of carbonyl (C=O) groups is 1. The topological polar surface area (TPSA) is 84.9 Å². The van der Waals surface area contributed by atoms with Crippen molar-refractivity contribution in [1.82, 2.24) is 4.31 Å². The number of anilines is 1. The predicted molar refractivity (Wildman–Crippen MR) is 102 cm³/mol. The highest BCUT2D eigenvalue weighted by Gasteiger charge is 2.33. The first kappa shape index (κ1) is 18.5. The zero-order valence-corrected chi connectivity index (χ0v) is 16.6. The Bertz CT molecular complexity index is 954. The van der Waals surface area contributed by atoms with Crippen LogP contribution in [-0.4, -0.2) is 38.5 Å². The summed E-state index contributed by atoms with van der Waals surface area (Å²) in [5, 5.41) is 4.92. The van der Waals surface area contributed by atoms with E-state index in [0.717, 1.165) is 0 Å². The number of nitrogens with zero attached hydrogens (tertiary/aromatic N) is 1. The summed E-state index contributed by atoms with van der Waals surface area (Å²) in [5.74, 6) is 0.627. The van der Waals surface area contributed by atoms with Crippen LogP contribution in [0.15, 0.2) is 33.9 Å². The van der Waals surface area contributed by atoms with Gasteiger partial charge in [0.1, 0.15) is 4.21 Å². The molecule has 0 atom stereocenters. The highest BCUT2D eigenvalue weighted by Crippen LogP contribution is 2.39. The number of benzene rings is 1. The third-order valence-electron chi connectivity index (χ3n) is 4.63. The van der Waals surface area contributed by atoms with Crippen LogP contribution in [0.3, 0.4) is 0 Å². The Balaban J connectivity index is 1.39. The summed E-state index contributed by atoms with van der Waals surface area (Å²) in [5.41, 5.74) is 0.458. The van der Waals surface area contributed by atoms with Crippen molar-refractivity contribution in [2.24, 2.45) is 5.92 Å². The van der Waals surface area contributed by atoms with Crippen molar-refractivity contribution in [1.29, 1.82) is 0 Å². The van der Waals surface area contributed by atoms with E-state index in [0.29, 0.717) is 52.3 Å². The molecule has 7 nitrogen and oxygen atoms in total. The second kappa shape index (κ2) is 7.31. The zero-order chi connectivity index (χ0) is 19.0. The number of fused-ring (bicyclic) bond motifs is 1. The van der Waals surface area contributed by atoms with E-state index in [1.807, 2.05) is 0 Å². The fourth-order valence-corrected chi connectivity index (χ4v) is 5.96. The van der Waals surface area contributed by atoms with Crippen LogP contribution in [0.2, 0.25) is 5.02 Å². The molecule has 1 aromatic carbocycles. The minimum atomic E-state index is -3.47. The number of hydrogen-bond donors (Lipinski definition) is 1. The number of nitrogens with one attached hydrogen (secondary N) is 1. The maximum Gasteiger partial charge on any atom is 0.252 e. The third-order valence-corrected chi connectivity index (χ3v) is 8.22. The van der Waals surface area contributed by atoms with E-state index in [9.17, 15) is 13.2 Å². The molecule has 1 amide bonds. The first-order chi connectivity index (χ1) is 12.9. The molecule has 1 N–H and O–H groups in total. The molecule has 3 heterocycles. The lowest BCUT2D eigenvalue weighted by Gasteiger charge is -2.30. The fourth-order valence-electron chi connectivity index (χ4n) is 3.14. The third kappa shape index (κ3) is 3.64. The van der Waals surface area contributed by atoms with E-state index in [4.69, 9.17) is 21.1 Å². The number of hydrogen-bond acceptors (Lipinski definition) is 6. The molecule has 0 saturated carbocycles. The van der Waals surface area contributed by atoms with Crippen molar-refractivity contribution in [3.05, 3.63) is 34.7 Å². The number of thiophene rings is 1. The molecule has 2 aromatic rings. The molecule has 1 saturated heterocycles. The second-order valence-electron chi connectivity index (χ2n) is 6.29. The van der Waals surface area contributed by atoms with Crippen molar-refractivity contribution in [3.8, 4) is 11.5 Å². The summed E-state index contributed by atoms with van der Waals surface area (Å²) < 4.78 is 37.4. The maximum atomic E-state index is 12.6. The van der Waals surface area contributed by atoms with Crippen LogP contribution < -0.4 is 14.8 Å². The van der Waals surface area contributed by atoms with E-state index in [2.05, 4.69) is 5.32 Å². The minimum absolute atomic E-state index is 0.125. The molecule has 144 valence electrons. The van der Waals surface area contributed by atoms with Gasteiger partial charge in [-0.05, 0) is 24.3 Å². The largest absolute Gasteiger partial charge is 0.454 e. The van der Waals surface area contributed by atoms with Crippen molar-refractivity contribution in [2.45, 2.75) is 17.1 Å². The van der Waals surface area contributed by atoms with Crippen molar-refractivity contribution < 1.29 is 22.7 Å². The number of piperidine rings is 1. The average molecular weight is 429 g/mol. The maximum absolute atomic E-state index is 12.6. The quantitative estimate of drug-likeness (QED) is 0.808. The van der Waals surface area contributed by atoms with Gasteiger partial charge in [-0.15, -0.1) is 11.3 Å². The van der Waals surface area contributed by atoms with Crippen LogP contribution in [0, 0.1) is 5.92 Å². The smallest absolute Gasteiger partial charge is 0.252 e. The van der Waals surface area contributed by atoms with E-state index < -0.39 is 10.0 Å². The number of rotatable bonds is 4. The molecule has 27 heavy (non-hydrogen) atoms. The molecule has 1 fully saturated rings. The van der Waals surface area contributed by atoms with Crippen molar-refractivity contribution >= 4 is 44.6 Å². The zero-order valence-electron chi connectivity index (χ0n) is 14.2. The molecular formula is C17H17ClN2O5S2. The molecule has 0 aliphatic carbocycles. The Labute approximate surface area is 165 Å².